The molecule has 2 aliphatic carbocycles. The van der Waals surface area contributed by atoms with Gasteiger partial charge >= 0.3 is 0 Å². The number of nitrogens with two attached hydrogens (primary N) is 1. The van der Waals surface area contributed by atoms with Crippen molar-refractivity contribution in [1.29, 1.82) is 0 Å². The summed E-state index contributed by atoms with van der Waals surface area (Å²) in [5.41, 5.74) is 3.94. The maximum atomic E-state index is 13.4. The lowest BCUT2D eigenvalue weighted by molar-refractivity contribution is 0.277. The first-order valence-corrected chi connectivity index (χ1v) is 8.35. The van der Waals surface area contributed by atoms with Crippen molar-refractivity contribution >= 4 is 15.9 Å². The average Bonchev–Trinajstić information content (AvgIpc) is 3.04. The zero-order valence-electron chi connectivity index (χ0n) is 11.6. The Balaban J connectivity index is 1.63. The van der Waals surface area contributed by atoms with Gasteiger partial charge in [-0.05, 0) is 73.6 Å². The van der Waals surface area contributed by atoms with Gasteiger partial charge in [0.1, 0.15) is 5.82 Å². The first-order valence-electron chi connectivity index (χ1n) is 7.55. The first-order chi connectivity index (χ1) is 9.65. The van der Waals surface area contributed by atoms with Crippen LogP contribution in [-0.4, -0.2) is 6.04 Å². The predicted octanol–water partition coefficient (Wildman–Crippen LogP) is 3.79. The van der Waals surface area contributed by atoms with Gasteiger partial charge in [-0.1, -0.05) is 22.4 Å². The first kappa shape index (κ1) is 14.5. The van der Waals surface area contributed by atoms with Gasteiger partial charge in [0, 0.05) is 10.5 Å². The van der Waals surface area contributed by atoms with E-state index in [1.165, 1.54) is 31.7 Å². The molecule has 2 aliphatic rings. The monoisotopic (exact) mass is 340 g/mol. The van der Waals surface area contributed by atoms with E-state index >= 15 is 0 Å². The lowest BCUT2D eigenvalue weighted by Crippen LogP contribution is -2.39. The van der Waals surface area contributed by atoms with E-state index in [1.807, 2.05) is 0 Å². The molecule has 4 atom stereocenters. The SMILES string of the molecule is NNC(Cc1cc(F)ccc1Br)CC1CC2CCC1C2. The second-order valence-electron chi connectivity index (χ2n) is 6.47. The summed E-state index contributed by atoms with van der Waals surface area (Å²) in [7, 11) is 0. The summed E-state index contributed by atoms with van der Waals surface area (Å²) in [6.45, 7) is 0. The third-order valence-corrected chi connectivity index (χ3v) is 5.96. The van der Waals surface area contributed by atoms with E-state index in [0.717, 1.165) is 40.6 Å². The number of nitrogens with one attached hydrogen (secondary N) is 1. The van der Waals surface area contributed by atoms with Gasteiger partial charge in [0.05, 0.1) is 0 Å². The summed E-state index contributed by atoms with van der Waals surface area (Å²) >= 11 is 3.50. The number of hydrazine groups is 1. The number of halogens is 2. The van der Waals surface area contributed by atoms with Gasteiger partial charge in [-0.25, -0.2) is 4.39 Å². The van der Waals surface area contributed by atoms with Crippen molar-refractivity contribution in [2.75, 3.05) is 0 Å². The summed E-state index contributed by atoms with van der Waals surface area (Å²) in [4.78, 5) is 0. The molecule has 2 fully saturated rings. The number of hydrogen-bond acceptors (Lipinski definition) is 2. The molecule has 4 unspecified atom stereocenters. The van der Waals surface area contributed by atoms with Crippen LogP contribution in [0.15, 0.2) is 22.7 Å². The summed E-state index contributed by atoms with van der Waals surface area (Å²) in [5.74, 6) is 8.22. The third-order valence-electron chi connectivity index (χ3n) is 5.18. The molecular formula is C16H22BrFN2. The Labute approximate surface area is 128 Å². The minimum absolute atomic E-state index is 0.182. The molecule has 1 aromatic carbocycles. The summed E-state index contributed by atoms with van der Waals surface area (Å²) in [5, 5.41) is 0. The van der Waals surface area contributed by atoms with Crippen molar-refractivity contribution in [2.45, 2.75) is 44.6 Å². The highest BCUT2D eigenvalue weighted by atomic mass is 79.9. The van der Waals surface area contributed by atoms with Gasteiger partial charge in [-0.15, -0.1) is 0 Å². The van der Waals surface area contributed by atoms with Crippen LogP contribution in [0.25, 0.3) is 0 Å². The van der Waals surface area contributed by atoms with Crippen molar-refractivity contribution in [2.24, 2.45) is 23.6 Å². The van der Waals surface area contributed by atoms with Crippen LogP contribution in [0.3, 0.4) is 0 Å². The van der Waals surface area contributed by atoms with E-state index in [0.29, 0.717) is 0 Å². The fourth-order valence-corrected chi connectivity index (χ4v) is 4.61. The lowest BCUT2D eigenvalue weighted by Gasteiger charge is -2.26. The van der Waals surface area contributed by atoms with Crippen LogP contribution < -0.4 is 11.3 Å². The Morgan fingerprint density at radius 2 is 2.20 bits per heavy atom. The molecule has 20 heavy (non-hydrogen) atoms. The smallest absolute Gasteiger partial charge is 0.123 e. The van der Waals surface area contributed by atoms with E-state index in [9.17, 15) is 4.39 Å². The van der Waals surface area contributed by atoms with Crippen molar-refractivity contribution in [3.8, 4) is 0 Å². The highest BCUT2D eigenvalue weighted by Crippen LogP contribution is 2.50. The molecule has 3 rings (SSSR count). The summed E-state index contributed by atoms with van der Waals surface area (Å²) in [6, 6.07) is 5.09. The van der Waals surface area contributed by atoms with Crippen LogP contribution in [0.2, 0.25) is 0 Å². The predicted molar refractivity (Wildman–Crippen MR) is 82.5 cm³/mol. The second-order valence-corrected chi connectivity index (χ2v) is 7.33. The Kier molecular flexibility index (Phi) is 4.43. The number of hydrogen-bond donors (Lipinski definition) is 2. The van der Waals surface area contributed by atoms with Gasteiger partial charge in [0.25, 0.3) is 0 Å². The Morgan fingerprint density at radius 3 is 2.85 bits per heavy atom. The van der Waals surface area contributed by atoms with E-state index < -0.39 is 0 Å². The van der Waals surface area contributed by atoms with Gasteiger partial charge in [-0.2, -0.15) is 0 Å². The molecule has 0 saturated heterocycles. The van der Waals surface area contributed by atoms with Gasteiger partial charge in [0.2, 0.25) is 0 Å². The molecule has 0 radical (unpaired) electrons. The molecule has 0 aromatic heterocycles. The van der Waals surface area contributed by atoms with Crippen LogP contribution in [0.4, 0.5) is 4.39 Å². The van der Waals surface area contributed by atoms with E-state index in [2.05, 4.69) is 21.4 Å². The highest BCUT2D eigenvalue weighted by Gasteiger charge is 2.39. The molecule has 0 aliphatic heterocycles. The minimum atomic E-state index is -0.182. The fraction of sp³-hybridized carbons (Fsp3) is 0.625. The van der Waals surface area contributed by atoms with E-state index in [-0.39, 0.29) is 11.9 Å². The quantitative estimate of drug-likeness (QED) is 0.632. The highest BCUT2D eigenvalue weighted by molar-refractivity contribution is 9.10. The largest absolute Gasteiger partial charge is 0.271 e. The summed E-state index contributed by atoms with van der Waals surface area (Å²) < 4.78 is 14.3. The summed E-state index contributed by atoms with van der Waals surface area (Å²) in [6.07, 6.45) is 7.51. The molecule has 4 heteroatoms. The molecule has 2 nitrogen and oxygen atoms in total. The lowest BCUT2D eigenvalue weighted by atomic mass is 9.83. The Morgan fingerprint density at radius 1 is 1.35 bits per heavy atom. The number of fused-ring (bicyclic) bond motifs is 2. The Bertz CT molecular complexity index is 480. The zero-order valence-corrected chi connectivity index (χ0v) is 13.2. The maximum absolute atomic E-state index is 13.4. The van der Waals surface area contributed by atoms with Crippen molar-refractivity contribution < 1.29 is 4.39 Å². The van der Waals surface area contributed by atoms with Crippen molar-refractivity contribution in [3.05, 3.63) is 34.1 Å². The normalized spacial score (nSPS) is 29.9. The van der Waals surface area contributed by atoms with E-state index in [4.69, 9.17) is 5.84 Å². The molecule has 2 bridgehead atoms. The van der Waals surface area contributed by atoms with Crippen molar-refractivity contribution in [3.63, 3.8) is 0 Å². The molecule has 0 heterocycles. The Hall–Kier alpha value is -0.450. The van der Waals surface area contributed by atoms with Gasteiger partial charge < -0.3 is 0 Å². The molecule has 2 saturated carbocycles. The van der Waals surface area contributed by atoms with Gasteiger partial charge in [-0.3, -0.25) is 11.3 Å². The average molecular weight is 341 g/mol. The minimum Gasteiger partial charge on any atom is -0.271 e. The molecule has 1 aromatic rings. The van der Waals surface area contributed by atoms with Crippen LogP contribution >= 0.6 is 15.9 Å². The topological polar surface area (TPSA) is 38.0 Å². The fourth-order valence-electron chi connectivity index (χ4n) is 4.21. The second kappa shape index (κ2) is 6.12. The molecule has 3 N–H and O–H groups in total. The van der Waals surface area contributed by atoms with Crippen molar-refractivity contribution in [1.82, 2.24) is 5.43 Å². The number of benzene rings is 1. The third kappa shape index (κ3) is 3.07. The van der Waals surface area contributed by atoms with Crippen LogP contribution in [0.5, 0.6) is 0 Å². The molecule has 110 valence electrons. The van der Waals surface area contributed by atoms with E-state index in [1.54, 1.807) is 12.1 Å². The maximum Gasteiger partial charge on any atom is 0.123 e. The van der Waals surface area contributed by atoms with Crippen LogP contribution in [0, 0.1) is 23.6 Å². The molecular weight excluding hydrogens is 319 g/mol. The molecule has 0 amide bonds. The number of rotatable bonds is 5. The van der Waals surface area contributed by atoms with Crippen LogP contribution in [0.1, 0.15) is 37.7 Å². The molecule has 0 spiro atoms. The standard InChI is InChI=1S/C16H22BrFN2/c17-16-4-3-14(18)7-13(16)9-15(20-19)8-12-6-10-1-2-11(12)5-10/h3-4,7,10-12,15,20H,1-2,5-6,8-9,19H2. The zero-order chi connectivity index (χ0) is 14.1. The van der Waals surface area contributed by atoms with Gasteiger partial charge in [0.15, 0.2) is 0 Å². The van der Waals surface area contributed by atoms with Crippen LogP contribution in [-0.2, 0) is 6.42 Å².